The molecule has 5 nitrogen and oxygen atoms in total. The lowest BCUT2D eigenvalue weighted by molar-refractivity contribution is 0.0926. The molecule has 1 aliphatic carbocycles. The molecule has 4 rings (SSSR count). The molecule has 1 aromatic heterocycles. The van der Waals surface area contributed by atoms with Gasteiger partial charge in [0.15, 0.2) is 5.69 Å². The van der Waals surface area contributed by atoms with Crippen LogP contribution in [0.4, 0.5) is 0 Å². The molecule has 1 aromatic carbocycles. The summed E-state index contributed by atoms with van der Waals surface area (Å²) in [5.41, 5.74) is 1.66. The van der Waals surface area contributed by atoms with Gasteiger partial charge in [-0.25, -0.2) is 0 Å². The third-order valence-corrected chi connectivity index (χ3v) is 4.79. The minimum absolute atomic E-state index is 0.0935. The molecule has 0 spiro atoms. The maximum absolute atomic E-state index is 12.5. The number of carbonyl (C=O) groups excluding carboxylic acids is 1. The van der Waals surface area contributed by atoms with Crippen molar-refractivity contribution >= 4 is 5.91 Å². The van der Waals surface area contributed by atoms with Crippen molar-refractivity contribution in [2.45, 2.75) is 30.7 Å². The van der Waals surface area contributed by atoms with Crippen LogP contribution in [0.25, 0.3) is 0 Å². The second kappa shape index (κ2) is 5.81. The van der Waals surface area contributed by atoms with Crippen molar-refractivity contribution < 1.29 is 9.32 Å². The van der Waals surface area contributed by atoms with Crippen molar-refractivity contribution in [2.24, 2.45) is 0 Å². The van der Waals surface area contributed by atoms with Gasteiger partial charge in [-0.2, -0.15) is 0 Å². The van der Waals surface area contributed by atoms with Gasteiger partial charge < -0.3 is 14.7 Å². The largest absolute Gasteiger partial charge is 0.360 e. The van der Waals surface area contributed by atoms with E-state index in [2.05, 4.69) is 34.6 Å². The molecule has 2 atom stereocenters. The first-order chi connectivity index (χ1) is 11.2. The predicted octanol–water partition coefficient (Wildman–Crippen LogP) is 2.38. The second-order valence-corrected chi connectivity index (χ2v) is 6.71. The molecular formula is C18H21N3O2. The third kappa shape index (κ3) is 3.01. The maximum atomic E-state index is 12.5. The van der Waals surface area contributed by atoms with Crippen LogP contribution < -0.4 is 5.32 Å². The molecular weight excluding hydrogens is 290 g/mol. The topological polar surface area (TPSA) is 58.4 Å². The highest BCUT2D eigenvalue weighted by Gasteiger charge is 2.34. The molecule has 0 bridgehead atoms. The number of likely N-dealkylation sites (N-methyl/N-ethyl adjacent to an activating group) is 1. The molecule has 0 radical (unpaired) electrons. The number of likely N-dealkylation sites (tertiary alicyclic amines) is 1. The smallest absolute Gasteiger partial charge is 0.273 e. The molecule has 2 aliphatic rings. The Morgan fingerprint density at radius 2 is 2.04 bits per heavy atom. The fraction of sp³-hybridized carbons (Fsp3) is 0.444. The van der Waals surface area contributed by atoms with Gasteiger partial charge in [0, 0.05) is 37.0 Å². The van der Waals surface area contributed by atoms with Gasteiger partial charge in [0.05, 0.1) is 0 Å². The van der Waals surface area contributed by atoms with Crippen molar-refractivity contribution in [1.82, 2.24) is 15.4 Å². The lowest BCUT2D eigenvalue weighted by atomic mass is 9.94. The van der Waals surface area contributed by atoms with Gasteiger partial charge in [0.25, 0.3) is 5.91 Å². The molecule has 1 saturated carbocycles. The van der Waals surface area contributed by atoms with Gasteiger partial charge in [0.1, 0.15) is 5.76 Å². The third-order valence-electron chi connectivity index (χ3n) is 4.79. The number of hydrogen-bond acceptors (Lipinski definition) is 4. The van der Waals surface area contributed by atoms with Crippen LogP contribution in [0.3, 0.4) is 0 Å². The molecule has 23 heavy (non-hydrogen) atoms. The SMILES string of the molecule is CN1C[C@H](NC(=O)c2cc(C3CC3)on2)[C@@H](c2ccccc2)C1. The lowest BCUT2D eigenvalue weighted by Crippen LogP contribution is -2.39. The van der Waals surface area contributed by atoms with E-state index >= 15 is 0 Å². The van der Waals surface area contributed by atoms with E-state index in [1.807, 2.05) is 18.2 Å². The Balaban J connectivity index is 1.48. The molecule has 2 aromatic rings. The van der Waals surface area contributed by atoms with Gasteiger partial charge >= 0.3 is 0 Å². The fourth-order valence-electron chi connectivity index (χ4n) is 3.38. The zero-order valence-electron chi connectivity index (χ0n) is 13.2. The molecule has 1 N–H and O–H groups in total. The van der Waals surface area contributed by atoms with Gasteiger partial charge in [-0.3, -0.25) is 4.79 Å². The summed E-state index contributed by atoms with van der Waals surface area (Å²) in [6.07, 6.45) is 2.28. The lowest BCUT2D eigenvalue weighted by Gasteiger charge is -2.19. The van der Waals surface area contributed by atoms with Crippen LogP contribution in [0.1, 0.15) is 46.5 Å². The van der Waals surface area contributed by atoms with Crippen molar-refractivity contribution in [3.05, 3.63) is 53.4 Å². The molecule has 5 heteroatoms. The first-order valence-corrected chi connectivity index (χ1v) is 8.21. The quantitative estimate of drug-likeness (QED) is 0.942. The van der Waals surface area contributed by atoms with Crippen LogP contribution in [-0.2, 0) is 0 Å². The Morgan fingerprint density at radius 1 is 1.26 bits per heavy atom. The Kier molecular flexibility index (Phi) is 3.65. The summed E-state index contributed by atoms with van der Waals surface area (Å²) in [5.74, 6) is 1.49. The first kappa shape index (κ1) is 14.5. The van der Waals surface area contributed by atoms with E-state index in [9.17, 15) is 4.79 Å². The average molecular weight is 311 g/mol. The van der Waals surface area contributed by atoms with E-state index in [0.717, 1.165) is 31.7 Å². The minimum Gasteiger partial charge on any atom is -0.360 e. The van der Waals surface area contributed by atoms with Crippen LogP contribution in [0.2, 0.25) is 0 Å². The Labute approximate surface area is 135 Å². The summed E-state index contributed by atoms with van der Waals surface area (Å²) < 4.78 is 5.29. The highest BCUT2D eigenvalue weighted by molar-refractivity contribution is 5.92. The van der Waals surface area contributed by atoms with E-state index < -0.39 is 0 Å². The number of hydrogen-bond donors (Lipinski definition) is 1. The van der Waals surface area contributed by atoms with Crippen LogP contribution in [0, 0.1) is 0 Å². The maximum Gasteiger partial charge on any atom is 0.273 e. The Hall–Kier alpha value is -2.14. The van der Waals surface area contributed by atoms with Gasteiger partial charge in [0.2, 0.25) is 0 Å². The monoisotopic (exact) mass is 311 g/mol. The van der Waals surface area contributed by atoms with Gasteiger partial charge in [-0.1, -0.05) is 35.5 Å². The first-order valence-electron chi connectivity index (χ1n) is 8.21. The van der Waals surface area contributed by atoms with Crippen LogP contribution in [0.15, 0.2) is 40.9 Å². The van der Waals surface area contributed by atoms with E-state index in [1.165, 1.54) is 5.56 Å². The second-order valence-electron chi connectivity index (χ2n) is 6.71. The summed E-state index contributed by atoms with van der Waals surface area (Å²) in [4.78, 5) is 14.7. The zero-order chi connectivity index (χ0) is 15.8. The van der Waals surface area contributed by atoms with E-state index in [0.29, 0.717) is 17.5 Å². The number of rotatable bonds is 4. The zero-order valence-corrected chi connectivity index (χ0v) is 13.2. The molecule has 2 heterocycles. The minimum atomic E-state index is -0.137. The number of carbonyl (C=O) groups is 1. The Bertz CT molecular complexity index is 693. The summed E-state index contributed by atoms with van der Waals surface area (Å²) >= 11 is 0. The highest BCUT2D eigenvalue weighted by atomic mass is 16.5. The fourth-order valence-corrected chi connectivity index (χ4v) is 3.38. The predicted molar refractivity (Wildman–Crippen MR) is 86.4 cm³/mol. The normalized spacial score (nSPS) is 24.7. The molecule has 2 fully saturated rings. The van der Waals surface area contributed by atoms with Crippen molar-refractivity contribution in [1.29, 1.82) is 0 Å². The molecule has 1 saturated heterocycles. The van der Waals surface area contributed by atoms with Crippen molar-refractivity contribution in [3.8, 4) is 0 Å². The number of nitrogens with one attached hydrogen (secondary N) is 1. The summed E-state index contributed by atoms with van der Waals surface area (Å²) in [7, 11) is 2.09. The van der Waals surface area contributed by atoms with E-state index in [-0.39, 0.29) is 11.9 Å². The van der Waals surface area contributed by atoms with Gasteiger partial charge in [-0.05, 0) is 25.5 Å². The number of aromatic nitrogens is 1. The highest BCUT2D eigenvalue weighted by Crippen LogP contribution is 2.40. The van der Waals surface area contributed by atoms with Crippen LogP contribution in [-0.4, -0.2) is 42.1 Å². The molecule has 120 valence electrons. The molecule has 0 unspecified atom stereocenters. The van der Waals surface area contributed by atoms with Crippen LogP contribution >= 0.6 is 0 Å². The molecule has 1 amide bonds. The van der Waals surface area contributed by atoms with E-state index in [1.54, 1.807) is 6.07 Å². The van der Waals surface area contributed by atoms with Crippen molar-refractivity contribution in [2.75, 3.05) is 20.1 Å². The molecule has 1 aliphatic heterocycles. The number of benzene rings is 1. The average Bonchev–Trinajstić information content (AvgIpc) is 3.17. The summed E-state index contributed by atoms with van der Waals surface area (Å²) in [6.45, 7) is 1.79. The van der Waals surface area contributed by atoms with Crippen LogP contribution in [0.5, 0.6) is 0 Å². The number of amides is 1. The standard InChI is InChI=1S/C18H21N3O2/c1-21-10-14(12-5-3-2-4-6-12)16(11-21)19-18(22)15-9-17(23-20-15)13-7-8-13/h2-6,9,13-14,16H,7-8,10-11H2,1H3,(H,19,22)/t14-,16+/m1/s1. The van der Waals surface area contributed by atoms with Gasteiger partial charge in [-0.15, -0.1) is 0 Å². The summed E-state index contributed by atoms with van der Waals surface area (Å²) in [6, 6.07) is 12.3. The Morgan fingerprint density at radius 3 is 2.78 bits per heavy atom. The van der Waals surface area contributed by atoms with Crippen molar-refractivity contribution in [3.63, 3.8) is 0 Å². The summed E-state index contributed by atoms with van der Waals surface area (Å²) in [5, 5.41) is 7.08. The van der Waals surface area contributed by atoms with E-state index in [4.69, 9.17) is 4.52 Å². The number of nitrogens with zero attached hydrogens (tertiary/aromatic N) is 2.